The molecular formula is C14H6Cl2F3N7. The Kier molecular flexibility index (Phi) is 5.50. The summed E-state index contributed by atoms with van der Waals surface area (Å²) in [5.41, 5.74) is 3.68. The van der Waals surface area contributed by atoms with Gasteiger partial charge in [0.1, 0.15) is 29.2 Å². The Morgan fingerprint density at radius 2 is 1.85 bits per heavy atom. The second kappa shape index (κ2) is 7.44. The molecule has 0 saturated heterocycles. The van der Waals surface area contributed by atoms with Crippen LogP contribution in [0.5, 0.6) is 0 Å². The topological polar surface area (TPSA) is 117 Å². The van der Waals surface area contributed by atoms with Crippen molar-refractivity contribution < 1.29 is 13.2 Å². The number of nitrogens with two attached hydrogens (primary N) is 1. The third kappa shape index (κ3) is 4.11. The number of hydrogen-bond donors (Lipinski definition) is 1. The molecule has 26 heavy (non-hydrogen) atoms. The summed E-state index contributed by atoms with van der Waals surface area (Å²) < 4.78 is 39.3. The van der Waals surface area contributed by atoms with Crippen LogP contribution < -0.4 is 5.73 Å². The Bertz CT molecular complexity index is 970. The van der Waals surface area contributed by atoms with Crippen LogP contribution in [0.15, 0.2) is 34.7 Å². The summed E-state index contributed by atoms with van der Waals surface area (Å²) in [6.45, 7) is 0. The van der Waals surface area contributed by atoms with Crippen molar-refractivity contribution in [3.05, 3.63) is 51.0 Å². The first-order chi connectivity index (χ1) is 12.2. The van der Waals surface area contributed by atoms with E-state index in [4.69, 9.17) is 39.5 Å². The van der Waals surface area contributed by atoms with Gasteiger partial charge in [0.05, 0.1) is 28.0 Å². The lowest BCUT2D eigenvalue weighted by atomic mass is 10.2. The summed E-state index contributed by atoms with van der Waals surface area (Å²) >= 11 is 11.8. The minimum absolute atomic E-state index is 0.0129. The Labute approximate surface area is 154 Å². The third-order valence-corrected chi connectivity index (χ3v) is 3.47. The van der Waals surface area contributed by atoms with Gasteiger partial charge in [-0.3, -0.25) is 0 Å². The van der Waals surface area contributed by atoms with Crippen LogP contribution in [-0.2, 0) is 6.18 Å². The first kappa shape index (κ1) is 19.2. The molecule has 0 amide bonds. The molecule has 0 atom stereocenters. The highest BCUT2D eigenvalue weighted by atomic mass is 35.5. The van der Waals surface area contributed by atoms with Crippen LogP contribution >= 0.6 is 23.2 Å². The van der Waals surface area contributed by atoms with E-state index < -0.39 is 11.7 Å². The Morgan fingerprint density at radius 3 is 2.35 bits per heavy atom. The van der Waals surface area contributed by atoms with Crippen LogP contribution in [0.25, 0.3) is 5.69 Å². The van der Waals surface area contributed by atoms with Gasteiger partial charge in [0.2, 0.25) is 0 Å². The molecule has 0 aliphatic heterocycles. The summed E-state index contributed by atoms with van der Waals surface area (Å²) in [7, 11) is 0. The number of allylic oxidation sites excluding steroid dienone is 2. The Morgan fingerprint density at radius 1 is 1.23 bits per heavy atom. The van der Waals surface area contributed by atoms with E-state index in [1.165, 1.54) is 6.20 Å². The number of hydrogen-bond acceptors (Lipinski definition) is 6. The summed E-state index contributed by atoms with van der Waals surface area (Å²) in [5.74, 6) is 0. The van der Waals surface area contributed by atoms with E-state index >= 15 is 0 Å². The molecule has 132 valence electrons. The average Bonchev–Trinajstić information content (AvgIpc) is 3.02. The number of aliphatic imine (C=N–C) groups is 1. The lowest BCUT2D eigenvalue weighted by Gasteiger charge is -2.11. The molecule has 0 radical (unpaired) electrons. The fourth-order valence-corrected chi connectivity index (χ4v) is 2.40. The quantitative estimate of drug-likeness (QED) is 0.627. The molecule has 1 aromatic heterocycles. The molecule has 0 fully saturated rings. The van der Waals surface area contributed by atoms with Crippen molar-refractivity contribution in [1.82, 2.24) is 15.0 Å². The summed E-state index contributed by atoms with van der Waals surface area (Å²) in [6.07, 6.45) is -2.24. The minimum Gasteiger partial charge on any atom is -0.388 e. The van der Waals surface area contributed by atoms with Crippen molar-refractivity contribution in [3.8, 4) is 17.8 Å². The number of rotatable bonds is 3. The van der Waals surface area contributed by atoms with Gasteiger partial charge in [-0.1, -0.05) is 28.4 Å². The van der Waals surface area contributed by atoms with Crippen LogP contribution in [0.3, 0.4) is 0 Å². The summed E-state index contributed by atoms with van der Waals surface area (Å²) in [5, 5.41) is 24.3. The molecule has 0 bridgehead atoms. The second-order valence-corrected chi connectivity index (χ2v) is 5.43. The van der Waals surface area contributed by atoms with Gasteiger partial charge in [0, 0.05) is 0 Å². The van der Waals surface area contributed by atoms with Gasteiger partial charge < -0.3 is 5.73 Å². The average molecular weight is 400 g/mol. The van der Waals surface area contributed by atoms with E-state index in [1.54, 1.807) is 12.1 Å². The third-order valence-electron chi connectivity index (χ3n) is 2.89. The first-order valence-corrected chi connectivity index (χ1v) is 7.26. The molecule has 0 spiro atoms. The molecule has 2 rings (SSSR count). The highest BCUT2D eigenvalue weighted by Crippen LogP contribution is 2.37. The predicted molar refractivity (Wildman–Crippen MR) is 86.4 cm³/mol. The standard InChI is InChI=1S/C14H6Cl2F3N7/c15-9-1-7(14(17,18)19)2-10(16)13(9)26-6-8(24-25-26)5-23-12(4-21)11(22)3-20/h1-2,5-6H,22H2/b12-11-,23-5+. The zero-order valence-electron chi connectivity index (χ0n) is 12.5. The van der Waals surface area contributed by atoms with Crippen molar-refractivity contribution in [2.24, 2.45) is 10.7 Å². The van der Waals surface area contributed by atoms with Crippen molar-refractivity contribution >= 4 is 29.4 Å². The smallest absolute Gasteiger partial charge is 0.388 e. The number of nitrogens with zero attached hydrogens (tertiary/aromatic N) is 6. The number of nitriles is 2. The summed E-state index contributed by atoms with van der Waals surface area (Å²) in [4.78, 5) is 3.70. The van der Waals surface area contributed by atoms with Gasteiger partial charge in [0.15, 0.2) is 5.70 Å². The number of benzene rings is 1. The Hall–Kier alpha value is -3.08. The zero-order valence-corrected chi connectivity index (χ0v) is 14.0. The zero-order chi connectivity index (χ0) is 19.5. The van der Waals surface area contributed by atoms with E-state index in [9.17, 15) is 13.2 Å². The van der Waals surface area contributed by atoms with Gasteiger partial charge in [-0.15, -0.1) is 5.10 Å². The van der Waals surface area contributed by atoms with E-state index in [-0.39, 0.29) is 32.8 Å². The molecule has 2 aromatic rings. The molecule has 0 unspecified atom stereocenters. The van der Waals surface area contributed by atoms with Crippen LogP contribution in [0.2, 0.25) is 10.0 Å². The van der Waals surface area contributed by atoms with Gasteiger partial charge >= 0.3 is 6.18 Å². The van der Waals surface area contributed by atoms with Crippen LogP contribution in [0.1, 0.15) is 11.3 Å². The van der Waals surface area contributed by atoms with Gasteiger partial charge in [-0.25, -0.2) is 9.67 Å². The highest BCUT2D eigenvalue weighted by molar-refractivity contribution is 6.37. The number of alkyl halides is 3. The highest BCUT2D eigenvalue weighted by Gasteiger charge is 2.32. The lowest BCUT2D eigenvalue weighted by molar-refractivity contribution is -0.137. The van der Waals surface area contributed by atoms with Crippen molar-refractivity contribution in [1.29, 1.82) is 10.5 Å². The SMILES string of the molecule is N#C/C(N)=C(C#N)/N=C/c1cn(-c2c(Cl)cc(C(F)(F)F)cc2Cl)nn1. The summed E-state index contributed by atoms with van der Waals surface area (Å²) in [6, 6.07) is 4.62. The van der Waals surface area contributed by atoms with Crippen LogP contribution in [0.4, 0.5) is 13.2 Å². The predicted octanol–water partition coefficient (Wildman–Crippen LogP) is 3.23. The van der Waals surface area contributed by atoms with Gasteiger partial charge in [0.25, 0.3) is 0 Å². The van der Waals surface area contributed by atoms with Crippen LogP contribution in [-0.4, -0.2) is 21.2 Å². The van der Waals surface area contributed by atoms with Crippen molar-refractivity contribution in [2.75, 3.05) is 0 Å². The molecule has 7 nitrogen and oxygen atoms in total. The molecule has 0 aliphatic carbocycles. The molecule has 12 heteroatoms. The molecule has 2 N–H and O–H groups in total. The molecule has 1 aromatic carbocycles. The fourth-order valence-electron chi connectivity index (χ4n) is 1.74. The first-order valence-electron chi connectivity index (χ1n) is 6.50. The molecule has 0 saturated carbocycles. The maximum absolute atomic E-state index is 12.8. The Balaban J connectivity index is 2.40. The maximum Gasteiger partial charge on any atom is 0.416 e. The number of halogens is 5. The van der Waals surface area contributed by atoms with Crippen molar-refractivity contribution in [3.63, 3.8) is 0 Å². The fraction of sp³-hybridized carbons (Fsp3) is 0.0714. The second-order valence-electron chi connectivity index (χ2n) is 4.62. The lowest BCUT2D eigenvalue weighted by Crippen LogP contribution is -2.07. The minimum atomic E-state index is -4.60. The van der Waals surface area contributed by atoms with Crippen LogP contribution in [0, 0.1) is 22.7 Å². The van der Waals surface area contributed by atoms with E-state index in [2.05, 4.69) is 15.3 Å². The largest absolute Gasteiger partial charge is 0.416 e. The molecular weight excluding hydrogens is 394 g/mol. The van der Waals surface area contributed by atoms with Crippen molar-refractivity contribution in [2.45, 2.75) is 6.18 Å². The number of aromatic nitrogens is 3. The normalized spacial score (nSPS) is 12.6. The molecule has 1 heterocycles. The van der Waals surface area contributed by atoms with Gasteiger partial charge in [-0.2, -0.15) is 23.7 Å². The monoisotopic (exact) mass is 399 g/mol. The van der Waals surface area contributed by atoms with E-state index in [1.807, 2.05) is 0 Å². The van der Waals surface area contributed by atoms with E-state index in [0.29, 0.717) is 12.1 Å². The van der Waals surface area contributed by atoms with E-state index in [0.717, 1.165) is 10.9 Å². The van der Waals surface area contributed by atoms with Gasteiger partial charge in [-0.05, 0) is 12.1 Å². The maximum atomic E-state index is 12.8. The molecule has 0 aliphatic rings.